The van der Waals surface area contributed by atoms with E-state index in [9.17, 15) is 24.3 Å². The molecule has 10 nitrogen and oxygen atoms in total. The van der Waals surface area contributed by atoms with Gasteiger partial charge in [0, 0.05) is 19.5 Å². The fourth-order valence-electron chi connectivity index (χ4n) is 7.76. The van der Waals surface area contributed by atoms with Crippen LogP contribution in [0.2, 0.25) is 0 Å². The van der Waals surface area contributed by atoms with Crippen LogP contribution in [0, 0.1) is 17.8 Å². The fraction of sp³-hybridized carbons (Fsp3) is 0.622. The number of rotatable bonds is 18. The third-order valence-corrected chi connectivity index (χ3v) is 9.82. The number of carbonyl (C=O) groups excluding carboxylic acids is 4. The average molecular weight is 652 g/mol. The van der Waals surface area contributed by atoms with E-state index in [0.29, 0.717) is 44.3 Å². The molecule has 1 aromatic rings. The molecule has 0 radical (unpaired) electrons. The molecule has 3 heterocycles. The molecule has 10 heteroatoms. The minimum absolute atomic E-state index is 0.144. The Morgan fingerprint density at radius 3 is 2.53 bits per heavy atom. The van der Waals surface area contributed by atoms with Gasteiger partial charge in [0.2, 0.25) is 17.7 Å². The maximum atomic E-state index is 14.6. The summed E-state index contributed by atoms with van der Waals surface area (Å²) in [6.07, 6.45) is 5.81. The van der Waals surface area contributed by atoms with E-state index in [1.807, 2.05) is 44.2 Å². The Balaban J connectivity index is 1.70. The fourth-order valence-corrected chi connectivity index (χ4v) is 7.76. The molecule has 4 rings (SSSR count). The van der Waals surface area contributed by atoms with Gasteiger partial charge in [-0.1, -0.05) is 69.7 Å². The van der Waals surface area contributed by atoms with Gasteiger partial charge in [-0.15, -0.1) is 13.2 Å². The van der Waals surface area contributed by atoms with Crippen LogP contribution in [0.5, 0.6) is 0 Å². The molecule has 3 aliphatic rings. The smallest absolute Gasteiger partial charge is 0.313 e. The van der Waals surface area contributed by atoms with E-state index in [2.05, 4.69) is 25.4 Å². The number of amides is 3. The molecule has 1 aromatic carbocycles. The molecule has 2 N–H and O–H groups in total. The molecule has 1 spiro atoms. The first-order valence-electron chi connectivity index (χ1n) is 17.2. The molecular weight excluding hydrogens is 598 g/mol. The molecule has 258 valence electrons. The Bertz CT molecular complexity index is 1290. The number of allylic oxidation sites excluding steroid dienone is 1. The lowest BCUT2D eigenvalue weighted by molar-refractivity contribution is -0.162. The predicted octanol–water partition coefficient (Wildman–Crippen LogP) is 4.34. The number of ether oxygens (including phenoxy) is 2. The maximum Gasteiger partial charge on any atom is 0.313 e. The number of likely N-dealkylation sites (tertiary alicyclic amines) is 1. The summed E-state index contributed by atoms with van der Waals surface area (Å²) >= 11 is 0. The van der Waals surface area contributed by atoms with Crippen molar-refractivity contribution in [2.24, 2.45) is 17.8 Å². The first kappa shape index (κ1) is 36.3. The zero-order valence-corrected chi connectivity index (χ0v) is 28.4. The molecule has 0 unspecified atom stereocenters. The van der Waals surface area contributed by atoms with Crippen LogP contribution in [0.1, 0.15) is 84.3 Å². The van der Waals surface area contributed by atoms with Crippen molar-refractivity contribution >= 4 is 23.7 Å². The molecule has 0 aromatic heterocycles. The molecule has 0 aliphatic carbocycles. The maximum absolute atomic E-state index is 14.6. The largest absolute Gasteiger partial charge is 0.455 e. The van der Waals surface area contributed by atoms with Crippen LogP contribution < -0.4 is 5.32 Å². The van der Waals surface area contributed by atoms with Gasteiger partial charge >= 0.3 is 5.97 Å². The molecule has 8 atom stereocenters. The quantitative estimate of drug-likeness (QED) is 0.179. The van der Waals surface area contributed by atoms with Crippen LogP contribution in [-0.2, 0) is 28.7 Å². The van der Waals surface area contributed by atoms with E-state index in [1.54, 1.807) is 24.0 Å². The van der Waals surface area contributed by atoms with Crippen molar-refractivity contribution in [2.45, 2.75) is 109 Å². The predicted molar refractivity (Wildman–Crippen MR) is 179 cm³/mol. The van der Waals surface area contributed by atoms with E-state index in [1.165, 1.54) is 4.90 Å². The van der Waals surface area contributed by atoms with Gasteiger partial charge in [0.1, 0.15) is 17.7 Å². The van der Waals surface area contributed by atoms with Gasteiger partial charge in [-0.3, -0.25) is 19.2 Å². The lowest BCUT2D eigenvalue weighted by Crippen LogP contribution is -2.59. The number of aliphatic hydroxyl groups is 1. The summed E-state index contributed by atoms with van der Waals surface area (Å²) in [5.74, 6) is -3.12. The number of esters is 1. The van der Waals surface area contributed by atoms with Crippen molar-refractivity contribution in [3.8, 4) is 0 Å². The van der Waals surface area contributed by atoms with Gasteiger partial charge in [-0.25, -0.2) is 0 Å². The van der Waals surface area contributed by atoms with E-state index >= 15 is 0 Å². The molecular formula is C37H53N3O7. The summed E-state index contributed by atoms with van der Waals surface area (Å²) in [5, 5.41) is 13.5. The highest BCUT2D eigenvalue weighted by atomic mass is 16.6. The topological polar surface area (TPSA) is 125 Å². The Hall–Kier alpha value is -3.50. The monoisotopic (exact) mass is 651 g/mol. The van der Waals surface area contributed by atoms with Crippen molar-refractivity contribution in [1.82, 2.24) is 15.1 Å². The van der Waals surface area contributed by atoms with Crippen molar-refractivity contribution in [3.05, 3.63) is 61.2 Å². The van der Waals surface area contributed by atoms with Crippen LogP contribution in [-0.4, -0.2) is 88.1 Å². The number of carbonyl (C=O) groups is 4. The number of benzene rings is 1. The molecule has 0 saturated carbocycles. The van der Waals surface area contributed by atoms with Gasteiger partial charge in [0.05, 0.1) is 36.6 Å². The number of nitrogens with one attached hydrogen (secondary N) is 1. The number of aliphatic hydroxyl groups excluding tert-OH is 1. The summed E-state index contributed by atoms with van der Waals surface area (Å²) in [5.41, 5.74) is -0.512. The Labute approximate surface area is 279 Å². The van der Waals surface area contributed by atoms with Gasteiger partial charge < -0.3 is 29.7 Å². The van der Waals surface area contributed by atoms with Crippen LogP contribution >= 0.6 is 0 Å². The zero-order valence-electron chi connectivity index (χ0n) is 28.4. The molecule has 3 saturated heterocycles. The van der Waals surface area contributed by atoms with Crippen molar-refractivity contribution in [3.63, 3.8) is 0 Å². The highest BCUT2D eigenvalue weighted by Crippen LogP contribution is 2.59. The third-order valence-electron chi connectivity index (χ3n) is 9.82. The second kappa shape index (κ2) is 16.1. The molecule has 3 amide bonds. The van der Waals surface area contributed by atoms with E-state index < -0.39 is 53.7 Å². The lowest BCUT2D eigenvalue weighted by atomic mass is 9.70. The van der Waals surface area contributed by atoms with E-state index in [4.69, 9.17) is 9.47 Å². The second-order valence-corrected chi connectivity index (χ2v) is 13.6. The third kappa shape index (κ3) is 7.49. The van der Waals surface area contributed by atoms with E-state index in [-0.39, 0.29) is 36.7 Å². The standard InChI is InChI=1S/C37H53N3O7/c1-7-10-17-29(42)38-25(6)32(26-15-13-12-14-16-26)46-36(45)30-28-18-19-37(47-28)31(30)34(43)40(27(23-41)22-24(4)5)33(37)35(44)39(20-9-3)21-11-8-2/h7,9,12-16,24-25,27-28,30-33,41H,1,3,8,10-11,17-23H2,2,4-6H3,(H,38,42)/t25-,27-,28+,30-,31-,32-,33+,37-/m1/s1. The van der Waals surface area contributed by atoms with Crippen molar-refractivity contribution < 1.29 is 33.8 Å². The normalized spacial score (nSPS) is 26.4. The minimum Gasteiger partial charge on any atom is -0.455 e. The Morgan fingerprint density at radius 1 is 1.19 bits per heavy atom. The van der Waals surface area contributed by atoms with Gasteiger partial charge in [0.25, 0.3) is 0 Å². The average Bonchev–Trinajstić information content (AvgIpc) is 3.70. The van der Waals surface area contributed by atoms with Crippen LogP contribution in [0.4, 0.5) is 0 Å². The number of nitrogens with zero attached hydrogens (tertiary/aromatic N) is 2. The summed E-state index contributed by atoms with van der Waals surface area (Å²) in [7, 11) is 0. The van der Waals surface area contributed by atoms with E-state index in [0.717, 1.165) is 12.8 Å². The number of hydrogen-bond acceptors (Lipinski definition) is 7. The van der Waals surface area contributed by atoms with Gasteiger partial charge in [0.15, 0.2) is 0 Å². The molecule has 3 fully saturated rings. The highest BCUT2D eigenvalue weighted by molar-refractivity contribution is 5.98. The van der Waals surface area contributed by atoms with Crippen LogP contribution in [0.25, 0.3) is 0 Å². The number of unbranched alkanes of at least 4 members (excludes halogenated alkanes) is 1. The van der Waals surface area contributed by atoms with Gasteiger partial charge in [-0.05, 0) is 50.5 Å². The summed E-state index contributed by atoms with van der Waals surface area (Å²) < 4.78 is 12.9. The zero-order chi connectivity index (χ0) is 34.3. The number of fused-ring (bicyclic) bond motifs is 1. The molecule has 47 heavy (non-hydrogen) atoms. The first-order chi connectivity index (χ1) is 22.5. The Kier molecular flexibility index (Phi) is 12.4. The minimum atomic E-state index is -1.22. The molecule has 3 aliphatic heterocycles. The van der Waals surface area contributed by atoms with Crippen LogP contribution in [0.3, 0.4) is 0 Å². The summed E-state index contributed by atoms with van der Waals surface area (Å²) in [6, 6.07) is 7.04. The number of hydrogen-bond donors (Lipinski definition) is 2. The van der Waals surface area contributed by atoms with Crippen molar-refractivity contribution in [2.75, 3.05) is 19.7 Å². The van der Waals surface area contributed by atoms with Gasteiger partial charge in [-0.2, -0.15) is 0 Å². The Morgan fingerprint density at radius 2 is 1.91 bits per heavy atom. The van der Waals surface area contributed by atoms with Crippen molar-refractivity contribution in [1.29, 1.82) is 0 Å². The second-order valence-electron chi connectivity index (χ2n) is 13.6. The lowest BCUT2D eigenvalue weighted by Gasteiger charge is -2.39. The summed E-state index contributed by atoms with van der Waals surface area (Å²) in [6.45, 7) is 15.9. The van der Waals surface area contributed by atoms with Crippen LogP contribution in [0.15, 0.2) is 55.6 Å². The SMILES string of the molecule is C=CCCC(=O)N[C@H](C)[C@@H](OC(=O)[C@@H]1[C@@H]2CC[C@]3(O2)[C@H](C(=O)N(CC=C)CCCC)N([C@@H](CO)CC(C)C)C(=O)[C@@H]13)c1ccccc1. The summed E-state index contributed by atoms with van der Waals surface area (Å²) in [4.78, 5) is 59.2. The first-order valence-corrected chi connectivity index (χ1v) is 17.2. The highest BCUT2D eigenvalue weighted by Gasteiger charge is 2.75. The molecule has 2 bridgehead atoms.